The number of carbonyl (C=O) groups is 3. The molecule has 0 atom stereocenters. The summed E-state index contributed by atoms with van der Waals surface area (Å²) in [6.07, 6.45) is 7.80. The van der Waals surface area contributed by atoms with E-state index >= 15 is 0 Å². The Labute approximate surface area is 166 Å². The Morgan fingerprint density at radius 1 is 1.15 bits per heavy atom. The minimum Gasteiger partial charge on any atom is -0.335 e. The SMILES string of the molecule is CCC(=O)N(c1nnc(SCC(=O)NC(=O)NC2CCCCC2)s1)C1CC1. The molecule has 2 N–H and O–H groups in total. The number of carbonyl (C=O) groups excluding carboxylic acids is 3. The van der Waals surface area contributed by atoms with Gasteiger partial charge in [-0.1, -0.05) is 49.3 Å². The molecule has 0 aromatic carbocycles. The van der Waals surface area contributed by atoms with E-state index in [4.69, 9.17) is 0 Å². The molecular weight excluding hydrogens is 386 g/mol. The second-order valence-electron chi connectivity index (χ2n) is 6.84. The van der Waals surface area contributed by atoms with Gasteiger partial charge in [-0.3, -0.25) is 19.8 Å². The molecule has 1 aromatic heterocycles. The maximum Gasteiger partial charge on any atom is 0.321 e. The van der Waals surface area contributed by atoms with Crippen LogP contribution in [0.4, 0.5) is 9.93 Å². The predicted molar refractivity (Wildman–Crippen MR) is 105 cm³/mol. The van der Waals surface area contributed by atoms with Crippen LogP contribution in [0.2, 0.25) is 0 Å². The van der Waals surface area contributed by atoms with E-state index in [1.807, 2.05) is 6.92 Å². The molecule has 2 saturated carbocycles. The van der Waals surface area contributed by atoms with Crippen LogP contribution in [-0.4, -0.2) is 45.9 Å². The highest BCUT2D eigenvalue weighted by atomic mass is 32.2. The van der Waals surface area contributed by atoms with Crippen molar-refractivity contribution in [1.29, 1.82) is 0 Å². The Hall–Kier alpha value is -1.68. The van der Waals surface area contributed by atoms with Crippen molar-refractivity contribution in [3.05, 3.63) is 0 Å². The summed E-state index contributed by atoms with van der Waals surface area (Å²) in [5, 5.41) is 14.0. The number of rotatable bonds is 7. The van der Waals surface area contributed by atoms with E-state index in [0.29, 0.717) is 15.9 Å². The quantitative estimate of drug-likeness (QED) is 0.528. The molecule has 0 saturated heterocycles. The van der Waals surface area contributed by atoms with E-state index in [1.54, 1.807) is 4.90 Å². The zero-order valence-electron chi connectivity index (χ0n) is 15.4. The van der Waals surface area contributed by atoms with Crippen LogP contribution in [0.1, 0.15) is 58.3 Å². The summed E-state index contributed by atoms with van der Waals surface area (Å²) in [5.74, 6) is -0.242. The first-order valence-electron chi connectivity index (χ1n) is 9.45. The lowest BCUT2D eigenvalue weighted by Crippen LogP contribution is -2.45. The molecule has 8 nitrogen and oxygen atoms in total. The number of thioether (sulfide) groups is 1. The lowest BCUT2D eigenvalue weighted by molar-refractivity contribution is -0.118. The minimum absolute atomic E-state index is 0.0438. The van der Waals surface area contributed by atoms with Crippen molar-refractivity contribution in [3.8, 4) is 0 Å². The van der Waals surface area contributed by atoms with Crippen LogP contribution >= 0.6 is 23.1 Å². The van der Waals surface area contributed by atoms with Gasteiger partial charge in [0.2, 0.25) is 16.9 Å². The number of nitrogens with one attached hydrogen (secondary N) is 2. The van der Waals surface area contributed by atoms with E-state index in [1.165, 1.54) is 29.5 Å². The van der Waals surface area contributed by atoms with Gasteiger partial charge in [0.25, 0.3) is 0 Å². The lowest BCUT2D eigenvalue weighted by atomic mass is 9.96. The third-order valence-electron chi connectivity index (χ3n) is 4.61. The van der Waals surface area contributed by atoms with Crippen LogP contribution in [0.3, 0.4) is 0 Å². The van der Waals surface area contributed by atoms with Crippen LogP contribution in [0.25, 0.3) is 0 Å². The van der Waals surface area contributed by atoms with Crippen molar-refractivity contribution in [3.63, 3.8) is 0 Å². The van der Waals surface area contributed by atoms with Gasteiger partial charge < -0.3 is 5.32 Å². The average Bonchev–Trinajstić information content (AvgIpc) is 3.38. The summed E-state index contributed by atoms with van der Waals surface area (Å²) in [7, 11) is 0. The van der Waals surface area contributed by atoms with Gasteiger partial charge >= 0.3 is 6.03 Å². The summed E-state index contributed by atoms with van der Waals surface area (Å²) in [4.78, 5) is 37.7. The minimum atomic E-state index is -0.432. The molecule has 2 fully saturated rings. The Bertz CT molecular complexity index is 686. The average molecular weight is 412 g/mol. The summed E-state index contributed by atoms with van der Waals surface area (Å²) < 4.78 is 0.613. The van der Waals surface area contributed by atoms with Gasteiger partial charge in [0.1, 0.15) is 0 Å². The first kappa shape index (κ1) is 20.1. The molecular formula is C17H25N5O3S2. The fourth-order valence-electron chi connectivity index (χ4n) is 3.09. The van der Waals surface area contributed by atoms with E-state index in [-0.39, 0.29) is 29.7 Å². The highest BCUT2D eigenvalue weighted by Gasteiger charge is 2.35. The molecule has 0 unspecified atom stereocenters. The molecule has 10 heteroatoms. The van der Waals surface area contributed by atoms with Gasteiger partial charge in [0, 0.05) is 18.5 Å². The van der Waals surface area contributed by atoms with E-state index < -0.39 is 6.03 Å². The number of hydrogen-bond donors (Lipinski definition) is 2. The predicted octanol–water partition coefficient (Wildman–Crippen LogP) is 2.69. The Morgan fingerprint density at radius 2 is 1.89 bits per heavy atom. The van der Waals surface area contributed by atoms with Gasteiger partial charge in [-0.25, -0.2) is 4.79 Å². The molecule has 4 amide bonds. The zero-order chi connectivity index (χ0) is 19.2. The summed E-state index contributed by atoms with van der Waals surface area (Å²) >= 11 is 2.53. The Morgan fingerprint density at radius 3 is 2.56 bits per heavy atom. The van der Waals surface area contributed by atoms with Gasteiger partial charge in [0.15, 0.2) is 4.34 Å². The monoisotopic (exact) mass is 411 g/mol. The molecule has 0 spiro atoms. The van der Waals surface area contributed by atoms with Crippen LogP contribution in [0, 0.1) is 0 Å². The molecule has 27 heavy (non-hydrogen) atoms. The largest absolute Gasteiger partial charge is 0.335 e. The highest BCUT2D eigenvalue weighted by molar-refractivity contribution is 8.01. The second kappa shape index (κ2) is 9.50. The third-order valence-corrected chi connectivity index (χ3v) is 6.66. The normalized spacial score (nSPS) is 17.4. The molecule has 1 heterocycles. The van der Waals surface area contributed by atoms with Crippen molar-refractivity contribution in [1.82, 2.24) is 20.8 Å². The number of nitrogens with zero attached hydrogens (tertiary/aromatic N) is 3. The molecule has 0 bridgehead atoms. The number of anilines is 1. The van der Waals surface area contributed by atoms with Crippen LogP contribution in [0.15, 0.2) is 4.34 Å². The van der Waals surface area contributed by atoms with Gasteiger partial charge in [-0.05, 0) is 25.7 Å². The molecule has 0 radical (unpaired) electrons. The van der Waals surface area contributed by atoms with Crippen molar-refractivity contribution in [2.45, 2.75) is 74.7 Å². The number of urea groups is 1. The fraction of sp³-hybridized carbons (Fsp3) is 0.706. The van der Waals surface area contributed by atoms with Crippen LogP contribution < -0.4 is 15.5 Å². The van der Waals surface area contributed by atoms with E-state index in [2.05, 4.69) is 20.8 Å². The fourth-order valence-corrected chi connectivity index (χ4v) is 4.82. The summed E-state index contributed by atoms with van der Waals surface area (Å²) in [5.41, 5.74) is 0. The van der Waals surface area contributed by atoms with Crippen molar-refractivity contribution < 1.29 is 14.4 Å². The van der Waals surface area contributed by atoms with Crippen LogP contribution in [-0.2, 0) is 9.59 Å². The molecule has 1 aromatic rings. The number of aromatic nitrogens is 2. The van der Waals surface area contributed by atoms with Gasteiger partial charge in [-0.15, -0.1) is 10.2 Å². The summed E-state index contributed by atoms with van der Waals surface area (Å²) in [6, 6.07) is -0.0385. The molecule has 2 aliphatic carbocycles. The Balaban J connectivity index is 1.44. The topological polar surface area (TPSA) is 104 Å². The first-order valence-corrected chi connectivity index (χ1v) is 11.3. The second-order valence-corrected chi connectivity index (χ2v) is 9.02. The lowest BCUT2D eigenvalue weighted by Gasteiger charge is -2.22. The zero-order valence-corrected chi connectivity index (χ0v) is 17.0. The van der Waals surface area contributed by atoms with Crippen molar-refractivity contribution >= 4 is 46.1 Å². The number of amides is 4. The first-order chi connectivity index (χ1) is 13.1. The standard InChI is InChI=1S/C17H25N5O3S2/c1-2-14(24)22(12-8-9-12)16-20-21-17(27-16)26-10-13(23)19-15(25)18-11-6-4-3-5-7-11/h11-12H,2-10H2,1H3,(H2,18,19,23,25). The highest BCUT2D eigenvalue weighted by Crippen LogP contribution is 2.36. The van der Waals surface area contributed by atoms with Crippen molar-refractivity contribution in [2.24, 2.45) is 0 Å². The smallest absolute Gasteiger partial charge is 0.321 e. The summed E-state index contributed by atoms with van der Waals surface area (Å²) in [6.45, 7) is 1.83. The van der Waals surface area contributed by atoms with Crippen molar-refractivity contribution in [2.75, 3.05) is 10.7 Å². The van der Waals surface area contributed by atoms with E-state index in [9.17, 15) is 14.4 Å². The Kier molecular flexibility index (Phi) is 7.06. The third kappa shape index (κ3) is 5.90. The number of hydrogen-bond acceptors (Lipinski definition) is 7. The maximum absolute atomic E-state index is 12.1. The molecule has 3 rings (SSSR count). The molecule has 148 valence electrons. The van der Waals surface area contributed by atoms with Gasteiger partial charge in [-0.2, -0.15) is 0 Å². The van der Waals surface area contributed by atoms with E-state index in [0.717, 1.165) is 38.5 Å². The molecule has 2 aliphatic rings. The van der Waals surface area contributed by atoms with Crippen LogP contribution in [0.5, 0.6) is 0 Å². The maximum atomic E-state index is 12.1. The van der Waals surface area contributed by atoms with Gasteiger partial charge in [0.05, 0.1) is 5.75 Å². The molecule has 0 aliphatic heterocycles. The number of imide groups is 1.